The van der Waals surface area contributed by atoms with Gasteiger partial charge in [0.2, 0.25) is 0 Å². The Morgan fingerprint density at radius 3 is 2.71 bits per heavy atom. The van der Waals surface area contributed by atoms with E-state index in [-0.39, 0.29) is 0 Å². The van der Waals surface area contributed by atoms with E-state index in [9.17, 15) is 4.79 Å². The maximum absolute atomic E-state index is 10.7. The van der Waals surface area contributed by atoms with Gasteiger partial charge in [-0.2, -0.15) is 0 Å². The standard InChI is InChI=1S/C14H20N2O5/c1-19-12-8-11(15-14(17)18)9-13(10-12)21-7-4-16-2-5-20-6-3-16/h8-10,15H,2-7H2,1H3,(H,17,18). The quantitative estimate of drug-likeness (QED) is 0.828. The maximum atomic E-state index is 10.7. The first kappa shape index (κ1) is 15.4. The van der Waals surface area contributed by atoms with Gasteiger partial charge in [-0.1, -0.05) is 0 Å². The van der Waals surface area contributed by atoms with E-state index in [1.165, 1.54) is 7.11 Å². The highest BCUT2D eigenvalue weighted by molar-refractivity contribution is 5.83. The zero-order valence-corrected chi connectivity index (χ0v) is 12.0. The van der Waals surface area contributed by atoms with Gasteiger partial charge in [0.1, 0.15) is 18.1 Å². The second-order valence-electron chi connectivity index (χ2n) is 4.63. The lowest BCUT2D eigenvalue weighted by Crippen LogP contribution is -2.38. The average Bonchev–Trinajstić information content (AvgIpc) is 2.47. The monoisotopic (exact) mass is 296 g/mol. The van der Waals surface area contributed by atoms with Crippen molar-refractivity contribution in [2.75, 3.05) is 51.9 Å². The molecule has 0 bridgehead atoms. The second-order valence-corrected chi connectivity index (χ2v) is 4.63. The molecular formula is C14H20N2O5. The molecule has 1 aliphatic heterocycles. The molecule has 21 heavy (non-hydrogen) atoms. The van der Waals surface area contributed by atoms with E-state index in [1.807, 2.05) is 0 Å². The molecule has 0 spiro atoms. The fourth-order valence-corrected chi connectivity index (χ4v) is 2.09. The molecule has 0 saturated carbocycles. The van der Waals surface area contributed by atoms with Gasteiger partial charge in [-0.05, 0) is 0 Å². The fraction of sp³-hybridized carbons (Fsp3) is 0.500. The minimum absolute atomic E-state index is 0.420. The van der Waals surface area contributed by atoms with Gasteiger partial charge in [-0.15, -0.1) is 0 Å². The zero-order chi connectivity index (χ0) is 15.1. The van der Waals surface area contributed by atoms with Gasteiger partial charge in [0, 0.05) is 37.8 Å². The number of carboxylic acid groups (broad SMARTS) is 1. The lowest BCUT2D eigenvalue weighted by molar-refractivity contribution is 0.0322. The third-order valence-electron chi connectivity index (χ3n) is 3.15. The van der Waals surface area contributed by atoms with Crippen molar-refractivity contribution in [2.24, 2.45) is 0 Å². The van der Waals surface area contributed by atoms with Gasteiger partial charge < -0.3 is 19.3 Å². The molecule has 116 valence electrons. The normalized spacial score (nSPS) is 15.5. The zero-order valence-electron chi connectivity index (χ0n) is 12.0. The summed E-state index contributed by atoms with van der Waals surface area (Å²) in [5.74, 6) is 1.12. The number of hydrogen-bond donors (Lipinski definition) is 2. The Kier molecular flexibility index (Phi) is 5.65. The summed E-state index contributed by atoms with van der Waals surface area (Å²) >= 11 is 0. The summed E-state index contributed by atoms with van der Waals surface area (Å²) in [6.07, 6.45) is -1.12. The first-order valence-corrected chi connectivity index (χ1v) is 6.79. The lowest BCUT2D eigenvalue weighted by atomic mass is 10.3. The highest BCUT2D eigenvalue weighted by atomic mass is 16.5. The molecule has 2 rings (SSSR count). The molecule has 1 heterocycles. The van der Waals surface area contributed by atoms with E-state index in [0.717, 1.165) is 32.8 Å². The largest absolute Gasteiger partial charge is 0.497 e. The van der Waals surface area contributed by atoms with Crippen molar-refractivity contribution in [3.05, 3.63) is 18.2 Å². The molecule has 1 amide bonds. The van der Waals surface area contributed by atoms with Crippen molar-refractivity contribution in [3.8, 4) is 11.5 Å². The Morgan fingerprint density at radius 2 is 2.05 bits per heavy atom. The summed E-state index contributed by atoms with van der Waals surface area (Å²) in [6, 6.07) is 4.96. The number of carbonyl (C=O) groups is 1. The van der Waals surface area contributed by atoms with E-state index >= 15 is 0 Å². The van der Waals surface area contributed by atoms with Crippen LogP contribution in [0.25, 0.3) is 0 Å². The molecule has 0 unspecified atom stereocenters. The van der Waals surface area contributed by atoms with Crippen LogP contribution >= 0.6 is 0 Å². The van der Waals surface area contributed by atoms with E-state index in [2.05, 4.69) is 10.2 Å². The molecule has 1 aromatic rings. The van der Waals surface area contributed by atoms with Crippen LogP contribution in [0.1, 0.15) is 0 Å². The Labute approximate surface area is 123 Å². The van der Waals surface area contributed by atoms with Crippen molar-refractivity contribution in [2.45, 2.75) is 0 Å². The topological polar surface area (TPSA) is 80.3 Å². The van der Waals surface area contributed by atoms with Crippen LogP contribution in [0.2, 0.25) is 0 Å². The first-order chi connectivity index (χ1) is 10.2. The molecule has 0 radical (unpaired) electrons. The summed E-state index contributed by atoms with van der Waals surface area (Å²) in [5, 5.41) is 11.0. The Bertz CT molecular complexity index is 474. The summed E-state index contributed by atoms with van der Waals surface area (Å²) in [4.78, 5) is 13.0. The van der Waals surface area contributed by atoms with Crippen molar-refractivity contribution in [3.63, 3.8) is 0 Å². The van der Waals surface area contributed by atoms with E-state index in [1.54, 1.807) is 18.2 Å². The molecule has 1 aromatic carbocycles. The highest BCUT2D eigenvalue weighted by Crippen LogP contribution is 2.26. The summed E-state index contributed by atoms with van der Waals surface area (Å²) in [6.45, 7) is 4.67. The van der Waals surface area contributed by atoms with Crippen LogP contribution in [0, 0.1) is 0 Å². The number of morpholine rings is 1. The number of anilines is 1. The molecule has 1 saturated heterocycles. The average molecular weight is 296 g/mol. The van der Waals surface area contributed by atoms with Crippen LogP contribution < -0.4 is 14.8 Å². The summed E-state index contributed by atoms with van der Waals surface area (Å²) in [5.41, 5.74) is 0.420. The maximum Gasteiger partial charge on any atom is 0.409 e. The number of hydrogen-bond acceptors (Lipinski definition) is 5. The minimum Gasteiger partial charge on any atom is -0.497 e. The summed E-state index contributed by atoms with van der Waals surface area (Å²) in [7, 11) is 1.53. The van der Waals surface area contributed by atoms with E-state index in [4.69, 9.17) is 19.3 Å². The molecule has 1 fully saturated rings. The Hall–Kier alpha value is -1.99. The van der Waals surface area contributed by atoms with Gasteiger partial charge in [0.05, 0.1) is 26.0 Å². The van der Waals surface area contributed by atoms with Crippen LogP contribution in [-0.4, -0.2) is 62.7 Å². The molecule has 7 nitrogen and oxygen atoms in total. The lowest BCUT2D eigenvalue weighted by Gasteiger charge is -2.26. The van der Waals surface area contributed by atoms with Gasteiger partial charge in [-0.25, -0.2) is 4.79 Å². The number of amides is 1. The van der Waals surface area contributed by atoms with Crippen molar-refractivity contribution >= 4 is 11.8 Å². The first-order valence-electron chi connectivity index (χ1n) is 6.79. The third kappa shape index (κ3) is 5.13. The van der Waals surface area contributed by atoms with E-state index in [0.29, 0.717) is 23.8 Å². The van der Waals surface area contributed by atoms with Crippen LogP contribution in [0.5, 0.6) is 11.5 Å². The summed E-state index contributed by atoms with van der Waals surface area (Å²) < 4.78 is 16.1. The smallest absolute Gasteiger partial charge is 0.409 e. The molecule has 2 N–H and O–H groups in total. The molecular weight excluding hydrogens is 276 g/mol. The van der Waals surface area contributed by atoms with Crippen molar-refractivity contribution in [1.82, 2.24) is 4.90 Å². The second kappa shape index (κ2) is 7.70. The Morgan fingerprint density at radius 1 is 1.33 bits per heavy atom. The van der Waals surface area contributed by atoms with Gasteiger partial charge in [0.15, 0.2) is 0 Å². The van der Waals surface area contributed by atoms with Crippen molar-refractivity contribution < 1.29 is 24.1 Å². The van der Waals surface area contributed by atoms with Crippen LogP contribution in [0.3, 0.4) is 0 Å². The van der Waals surface area contributed by atoms with Crippen LogP contribution in [0.4, 0.5) is 10.5 Å². The van der Waals surface area contributed by atoms with E-state index < -0.39 is 6.09 Å². The number of nitrogens with one attached hydrogen (secondary N) is 1. The van der Waals surface area contributed by atoms with Gasteiger partial charge in [-0.3, -0.25) is 10.2 Å². The number of methoxy groups -OCH3 is 1. The van der Waals surface area contributed by atoms with Crippen LogP contribution in [-0.2, 0) is 4.74 Å². The number of nitrogens with zero attached hydrogens (tertiary/aromatic N) is 1. The highest BCUT2D eigenvalue weighted by Gasteiger charge is 2.10. The third-order valence-corrected chi connectivity index (χ3v) is 3.15. The SMILES string of the molecule is COc1cc(NC(=O)O)cc(OCCN2CCOCC2)c1. The predicted octanol–water partition coefficient (Wildman–Crippen LogP) is 1.50. The molecule has 7 heteroatoms. The van der Waals surface area contributed by atoms with Crippen molar-refractivity contribution in [1.29, 1.82) is 0 Å². The van der Waals surface area contributed by atoms with Gasteiger partial charge >= 0.3 is 6.09 Å². The number of rotatable bonds is 6. The predicted molar refractivity (Wildman–Crippen MR) is 77.4 cm³/mol. The minimum atomic E-state index is -1.12. The molecule has 0 atom stereocenters. The molecule has 0 aromatic heterocycles. The number of ether oxygens (including phenoxy) is 3. The molecule has 1 aliphatic rings. The number of benzene rings is 1. The molecule has 0 aliphatic carbocycles. The Balaban J connectivity index is 1.90. The fourth-order valence-electron chi connectivity index (χ4n) is 2.09. The van der Waals surface area contributed by atoms with Gasteiger partial charge in [0.25, 0.3) is 0 Å². The van der Waals surface area contributed by atoms with Crippen LogP contribution in [0.15, 0.2) is 18.2 Å².